The number of nitrogens with zero attached hydrogens (tertiary/aromatic N) is 2. The highest BCUT2D eigenvalue weighted by atomic mass is 16.5. The third-order valence-corrected chi connectivity index (χ3v) is 4.80. The van der Waals surface area contributed by atoms with Crippen LogP contribution in [0, 0.1) is 0 Å². The van der Waals surface area contributed by atoms with Crippen LogP contribution in [0.25, 0.3) is 10.8 Å². The number of ether oxygens (including phenoxy) is 1. The SMILES string of the molecule is NNC(=O)CCC(=O)N1CCN(C(=O)COc2ccc3ccccc3c2)CC1. The topological polar surface area (TPSA) is 105 Å². The maximum atomic E-state index is 12.4. The quantitative estimate of drug-likeness (QED) is 0.432. The third kappa shape index (κ3) is 4.98. The minimum Gasteiger partial charge on any atom is -0.484 e. The Kier molecular flexibility index (Phi) is 6.44. The lowest BCUT2D eigenvalue weighted by Gasteiger charge is -2.34. The molecular weight excluding hydrogens is 360 g/mol. The van der Waals surface area contributed by atoms with E-state index in [0.717, 1.165) is 10.8 Å². The molecule has 1 heterocycles. The molecule has 0 bridgehead atoms. The number of amides is 3. The molecule has 8 nitrogen and oxygen atoms in total. The van der Waals surface area contributed by atoms with Crippen molar-refractivity contribution in [2.45, 2.75) is 12.8 Å². The van der Waals surface area contributed by atoms with E-state index in [4.69, 9.17) is 10.6 Å². The predicted molar refractivity (Wildman–Crippen MR) is 104 cm³/mol. The van der Waals surface area contributed by atoms with E-state index in [1.807, 2.05) is 47.9 Å². The molecule has 1 fully saturated rings. The summed E-state index contributed by atoms with van der Waals surface area (Å²) in [6.45, 7) is 1.77. The normalized spacial score (nSPS) is 14.0. The number of nitrogens with two attached hydrogens (primary N) is 1. The molecule has 28 heavy (non-hydrogen) atoms. The Morgan fingerprint density at radius 1 is 0.893 bits per heavy atom. The fourth-order valence-corrected chi connectivity index (χ4v) is 3.15. The summed E-state index contributed by atoms with van der Waals surface area (Å²) in [5, 5.41) is 2.17. The fraction of sp³-hybridized carbons (Fsp3) is 0.350. The smallest absolute Gasteiger partial charge is 0.260 e. The molecule has 3 N–H and O–H groups in total. The standard InChI is InChI=1S/C20H24N4O4/c21-22-18(25)7-8-19(26)23-9-11-24(12-10-23)20(27)14-28-17-6-5-15-3-1-2-4-16(15)13-17/h1-6,13H,7-12,14,21H2,(H,22,25). The number of hydrogen-bond donors (Lipinski definition) is 2. The van der Waals surface area contributed by atoms with Crippen LogP contribution in [0.4, 0.5) is 0 Å². The van der Waals surface area contributed by atoms with E-state index >= 15 is 0 Å². The fourth-order valence-electron chi connectivity index (χ4n) is 3.15. The Hall–Kier alpha value is -3.13. The van der Waals surface area contributed by atoms with Crippen molar-refractivity contribution in [1.82, 2.24) is 15.2 Å². The first kappa shape index (κ1) is 19.6. The molecule has 0 unspecified atom stereocenters. The van der Waals surface area contributed by atoms with Gasteiger partial charge in [-0.1, -0.05) is 30.3 Å². The Balaban J connectivity index is 1.44. The molecule has 1 aliphatic rings. The number of nitrogens with one attached hydrogen (secondary N) is 1. The molecule has 1 aliphatic heterocycles. The van der Waals surface area contributed by atoms with Crippen LogP contribution in [-0.2, 0) is 14.4 Å². The summed E-state index contributed by atoms with van der Waals surface area (Å²) in [5.41, 5.74) is 2.01. The van der Waals surface area contributed by atoms with Gasteiger partial charge >= 0.3 is 0 Å². The molecule has 8 heteroatoms. The number of rotatable bonds is 6. The lowest BCUT2D eigenvalue weighted by molar-refractivity contribution is -0.141. The van der Waals surface area contributed by atoms with Gasteiger partial charge in [-0.15, -0.1) is 0 Å². The number of piperazine rings is 1. The van der Waals surface area contributed by atoms with Crippen molar-refractivity contribution >= 4 is 28.5 Å². The number of fused-ring (bicyclic) bond motifs is 1. The van der Waals surface area contributed by atoms with Gasteiger partial charge in [0.05, 0.1) is 0 Å². The number of carbonyl (C=O) groups is 3. The van der Waals surface area contributed by atoms with Crippen molar-refractivity contribution in [3.05, 3.63) is 42.5 Å². The van der Waals surface area contributed by atoms with Crippen molar-refractivity contribution in [3.63, 3.8) is 0 Å². The zero-order valence-corrected chi connectivity index (χ0v) is 15.6. The summed E-state index contributed by atoms with van der Waals surface area (Å²) in [4.78, 5) is 39.0. The second-order valence-electron chi connectivity index (χ2n) is 6.63. The number of carbonyl (C=O) groups excluding carboxylic acids is 3. The highest BCUT2D eigenvalue weighted by Gasteiger charge is 2.24. The van der Waals surface area contributed by atoms with Crippen LogP contribution < -0.4 is 16.0 Å². The van der Waals surface area contributed by atoms with Gasteiger partial charge in [0.2, 0.25) is 11.8 Å². The maximum absolute atomic E-state index is 12.4. The molecule has 148 valence electrons. The maximum Gasteiger partial charge on any atom is 0.260 e. The molecule has 0 radical (unpaired) electrons. The Bertz CT molecular complexity index is 862. The van der Waals surface area contributed by atoms with Gasteiger partial charge in [-0.3, -0.25) is 19.8 Å². The molecule has 0 aromatic heterocycles. The summed E-state index contributed by atoms with van der Waals surface area (Å²) < 4.78 is 5.65. The van der Waals surface area contributed by atoms with Gasteiger partial charge in [-0.25, -0.2) is 5.84 Å². The Morgan fingerprint density at radius 3 is 2.21 bits per heavy atom. The molecule has 0 aliphatic carbocycles. The molecule has 2 aromatic carbocycles. The highest BCUT2D eigenvalue weighted by molar-refractivity contribution is 5.85. The summed E-state index contributed by atoms with van der Waals surface area (Å²) in [5.74, 6) is 5.07. The van der Waals surface area contributed by atoms with E-state index < -0.39 is 0 Å². The second kappa shape index (κ2) is 9.18. The largest absolute Gasteiger partial charge is 0.484 e. The van der Waals surface area contributed by atoms with Crippen molar-refractivity contribution in [1.29, 1.82) is 0 Å². The van der Waals surface area contributed by atoms with E-state index in [1.165, 1.54) is 0 Å². The molecule has 1 saturated heterocycles. The van der Waals surface area contributed by atoms with E-state index in [1.54, 1.807) is 9.80 Å². The summed E-state index contributed by atoms with van der Waals surface area (Å²) in [6.07, 6.45) is 0.177. The van der Waals surface area contributed by atoms with Crippen LogP contribution >= 0.6 is 0 Å². The van der Waals surface area contributed by atoms with Crippen LogP contribution in [0.1, 0.15) is 12.8 Å². The summed E-state index contributed by atoms with van der Waals surface area (Å²) in [7, 11) is 0. The molecule has 0 saturated carbocycles. The first-order valence-electron chi connectivity index (χ1n) is 9.23. The lowest BCUT2D eigenvalue weighted by Crippen LogP contribution is -2.51. The summed E-state index contributed by atoms with van der Waals surface area (Å²) in [6, 6.07) is 13.7. The highest BCUT2D eigenvalue weighted by Crippen LogP contribution is 2.20. The minimum atomic E-state index is -0.368. The monoisotopic (exact) mass is 384 g/mol. The van der Waals surface area contributed by atoms with Gasteiger partial charge in [0, 0.05) is 39.0 Å². The van der Waals surface area contributed by atoms with Gasteiger partial charge in [0.15, 0.2) is 6.61 Å². The number of hydrogen-bond acceptors (Lipinski definition) is 5. The zero-order valence-electron chi connectivity index (χ0n) is 15.6. The molecule has 0 atom stereocenters. The van der Waals surface area contributed by atoms with E-state index in [9.17, 15) is 14.4 Å². The van der Waals surface area contributed by atoms with E-state index in [0.29, 0.717) is 31.9 Å². The Morgan fingerprint density at radius 2 is 1.54 bits per heavy atom. The van der Waals surface area contributed by atoms with E-state index in [2.05, 4.69) is 0 Å². The molecule has 2 aromatic rings. The average molecular weight is 384 g/mol. The van der Waals surface area contributed by atoms with Crippen LogP contribution in [-0.4, -0.2) is 60.3 Å². The first-order valence-corrected chi connectivity index (χ1v) is 9.23. The average Bonchev–Trinajstić information content (AvgIpc) is 2.75. The number of hydrazine groups is 1. The van der Waals surface area contributed by atoms with Gasteiger partial charge in [-0.05, 0) is 22.9 Å². The Labute approximate surface area is 163 Å². The van der Waals surface area contributed by atoms with Crippen molar-refractivity contribution in [3.8, 4) is 5.75 Å². The summed E-state index contributed by atoms with van der Waals surface area (Å²) >= 11 is 0. The molecule has 0 spiro atoms. The van der Waals surface area contributed by atoms with E-state index in [-0.39, 0.29) is 37.2 Å². The minimum absolute atomic E-state index is 0.0387. The predicted octanol–water partition coefficient (Wildman–Crippen LogP) is 0.660. The molecule has 3 amide bonds. The molecule has 3 rings (SSSR count). The van der Waals surface area contributed by atoms with Gasteiger partial charge < -0.3 is 14.5 Å². The lowest BCUT2D eigenvalue weighted by atomic mass is 10.1. The van der Waals surface area contributed by atoms with Gasteiger partial charge in [0.25, 0.3) is 5.91 Å². The van der Waals surface area contributed by atoms with Crippen LogP contribution in [0.5, 0.6) is 5.75 Å². The van der Waals surface area contributed by atoms with Crippen molar-refractivity contribution < 1.29 is 19.1 Å². The van der Waals surface area contributed by atoms with Crippen LogP contribution in [0.15, 0.2) is 42.5 Å². The first-order chi connectivity index (χ1) is 13.6. The zero-order chi connectivity index (χ0) is 19.9. The number of benzene rings is 2. The van der Waals surface area contributed by atoms with Gasteiger partial charge in [0.1, 0.15) is 5.75 Å². The van der Waals surface area contributed by atoms with Crippen LogP contribution in [0.2, 0.25) is 0 Å². The van der Waals surface area contributed by atoms with Crippen molar-refractivity contribution in [2.75, 3.05) is 32.8 Å². The second-order valence-corrected chi connectivity index (χ2v) is 6.63. The van der Waals surface area contributed by atoms with Crippen molar-refractivity contribution in [2.24, 2.45) is 5.84 Å². The van der Waals surface area contributed by atoms with Gasteiger partial charge in [-0.2, -0.15) is 0 Å². The molecular formula is C20H24N4O4. The van der Waals surface area contributed by atoms with Crippen LogP contribution in [0.3, 0.4) is 0 Å². The third-order valence-electron chi connectivity index (χ3n) is 4.80.